The summed E-state index contributed by atoms with van der Waals surface area (Å²) in [6, 6.07) is 0. The standard InChI is InChI=1S/C11H21Cl/c1-6-7-10(4)8-11(5,12)9(2)3/h6-7,9-10H,8H2,1-5H3/b7-6+/t10-,11-/m0/s1. The second kappa shape index (κ2) is 4.91. The predicted octanol–water partition coefficient (Wildman–Crippen LogP) is 4.24. The van der Waals surface area contributed by atoms with E-state index in [4.69, 9.17) is 11.6 Å². The van der Waals surface area contributed by atoms with Crippen LogP contribution in [0, 0.1) is 11.8 Å². The van der Waals surface area contributed by atoms with Gasteiger partial charge in [-0.15, -0.1) is 11.6 Å². The lowest BCUT2D eigenvalue weighted by Gasteiger charge is -2.28. The third kappa shape index (κ3) is 4.15. The third-order valence-corrected chi connectivity index (χ3v) is 3.04. The van der Waals surface area contributed by atoms with E-state index >= 15 is 0 Å². The fourth-order valence-corrected chi connectivity index (χ4v) is 1.51. The lowest BCUT2D eigenvalue weighted by molar-refractivity contribution is 0.392. The number of hydrogen-bond acceptors (Lipinski definition) is 0. The van der Waals surface area contributed by atoms with Crippen LogP contribution in [0.1, 0.15) is 41.0 Å². The maximum absolute atomic E-state index is 6.37. The molecule has 0 aromatic heterocycles. The first-order valence-electron chi connectivity index (χ1n) is 4.72. The molecule has 0 fully saturated rings. The molecule has 0 bridgehead atoms. The van der Waals surface area contributed by atoms with E-state index in [1.807, 2.05) is 0 Å². The molecular weight excluding hydrogens is 168 g/mol. The molecule has 12 heavy (non-hydrogen) atoms. The van der Waals surface area contributed by atoms with Crippen molar-refractivity contribution in [3.05, 3.63) is 12.2 Å². The van der Waals surface area contributed by atoms with Crippen LogP contribution < -0.4 is 0 Å². The average molecular weight is 189 g/mol. The molecule has 0 aliphatic rings. The summed E-state index contributed by atoms with van der Waals surface area (Å²) < 4.78 is 0. The van der Waals surface area contributed by atoms with E-state index in [2.05, 4.69) is 46.8 Å². The molecule has 0 heterocycles. The van der Waals surface area contributed by atoms with Crippen LogP contribution in [0.15, 0.2) is 12.2 Å². The molecule has 0 N–H and O–H groups in total. The molecule has 72 valence electrons. The molecule has 0 saturated heterocycles. The van der Waals surface area contributed by atoms with Crippen LogP contribution in [0.25, 0.3) is 0 Å². The lowest BCUT2D eigenvalue weighted by Crippen LogP contribution is -2.26. The fraction of sp³-hybridized carbons (Fsp3) is 0.818. The molecule has 2 atom stereocenters. The van der Waals surface area contributed by atoms with E-state index in [1.54, 1.807) is 0 Å². The molecule has 0 aliphatic carbocycles. The van der Waals surface area contributed by atoms with Crippen LogP contribution in [0.2, 0.25) is 0 Å². The van der Waals surface area contributed by atoms with Gasteiger partial charge in [0.2, 0.25) is 0 Å². The van der Waals surface area contributed by atoms with Gasteiger partial charge in [-0.25, -0.2) is 0 Å². The van der Waals surface area contributed by atoms with Crippen LogP contribution in [-0.4, -0.2) is 4.87 Å². The number of rotatable bonds is 4. The van der Waals surface area contributed by atoms with Crippen molar-refractivity contribution in [1.29, 1.82) is 0 Å². The van der Waals surface area contributed by atoms with Crippen LogP contribution in [0.3, 0.4) is 0 Å². The summed E-state index contributed by atoms with van der Waals surface area (Å²) >= 11 is 6.37. The summed E-state index contributed by atoms with van der Waals surface area (Å²) in [5.41, 5.74) is 0. The summed E-state index contributed by atoms with van der Waals surface area (Å²) in [6.45, 7) is 10.7. The molecule has 0 amide bonds. The van der Waals surface area contributed by atoms with Gasteiger partial charge in [0.25, 0.3) is 0 Å². The van der Waals surface area contributed by atoms with Gasteiger partial charge in [0, 0.05) is 4.87 Å². The van der Waals surface area contributed by atoms with E-state index in [-0.39, 0.29) is 4.87 Å². The zero-order valence-electron chi connectivity index (χ0n) is 8.89. The number of halogens is 1. The Hall–Kier alpha value is 0.0300. The maximum atomic E-state index is 6.37. The Balaban J connectivity index is 4.05. The summed E-state index contributed by atoms with van der Waals surface area (Å²) in [6.07, 6.45) is 5.36. The fourth-order valence-electron chi connectivity index (χ4n) is 1.26. The van der Waals surface area contributed by atoms with Gasteiger partial charge in [0.1, 0.15) is 0 Å². The number of allylic oxidation sites excluding steroid dienone is 2. The van der Waals surface area contributed by atoms with Gasteiger partial charge in [0.05, 0.1) is 0 Å². The van der Waals surface area contributed by atoms with E-state index < -0.39 is 0 Å². The highest BCUT2D eigenvalue weighted by Gasteiger charge is 2.26. The van der Waals surface area contributed by atoms with E-state index in [0.717, 1.165) is 6.42 Å². The van der Waals surface area contributed by atoms with E-state index in [0.29, 0.717) is 11.8 Å². The average Bonchev–Trinajstić information content (AvgIpc) is 1.85. The Bertz CT molecular complexity index is 145. The molecule has 0 spiro atoms. The smallest absolute Gasteiger partial charge is 0.0447 e. The normalized spacial score (nSPS) is 19.9. The molecule has 0 unspecified atom stereocenters. The zero-order valence-corrected chi connectivity index (χ0v) is 9.65. The van der Waals surface area contributed by atoms with Crippen molar-refractivity contribution in [1.82, 2.24) is 0 Å². The third-order valence-electron chi connectivity index (χ3n) is 2.45. The van der Waals surface area contributed by atoms with E-state index in [9.17, 15) is 0 Å². The largest absolute Gasteiger partial charge is 0.119 e. The first-order chi connectivity index (χ1) is 5.40. The van der Waals surface area contributed by atoms with Crippen LogP contribution in [-0.2, 0) is 0 Å². The Morgan fingerprint density at radius 2 is 1.83 bits per heavy atom. The molecule has 0 aromatic rings. The molecule has 0 rings (SSSR count). The summed E-state index contributed by atoms with van der Waals surface area (Å²) in [4.78, 5) is -0.0566. The monoisotopic (exact) mass is 188 g/mol. The summed E-state index contributed by atoms with van der Waals surface area (Å²) in [7, 11) is 0. The second-order valence-electron chi connectivity index (χ2n) is 4.14. The SMILES string of the molecule is C/C=C/[C@H](C)C[C@](C)(Cl)C(C)C. The van der Waals surface area contributed by atoms with Crippen molar-refractivity contribution in [3.63, 3.8) is 0 Å². The molecule has 0 aromatic carbocycles. The van der Waals surface area contributed by atoms with Crippen molar-refractivity contribution in [3.8, 4) is 0 Å². The van der Waals surface area contributed by atoms with Crippen molar-refractivity contribution in [2.75, 3.05) is 0 Å². The van der Waals surface area contributed by atoms with Crippen LogP contribution >= 0.6 is 11.6 Å². The van der Waals surface area contributed by atoms with Crippen LogP contribution in [0.5, 0.6) is 0 Å². The van der Waals surface area contributed by atoms with E-state index in [1.165, 1.54) is 0 Å². The molecule has 0 nitrogen and oxygen atoms in total. The first-order valence-corrected chi connectivity index (χ1v) is 5.09. The highest BCUT2D eigenvalue weighted by atomic mass is 35.5. The predicted molar refractivity (Wildman–Crippen MR) is 57.7 cm³/mol. The first kappa shape index (κ1) is 12.0. The zero-order chi connectivity index (χ0) is 9.78. The van der Waals surface area contributed by atoms with Crippen molar-refractivity contribution in [2.24, 2.45) is 11.8 Å². The molecule has 0 radical (unpaired) electrons. The van der Waals surface area contributed by atoms with Crippen molar-refractivity contribution in [2.45, 2.75) is 45.9 Å². The summed E-state index contributed by atoms with van der Waals surface area (Å²) in [5.74, 6) is 1.12. The van der Waals surface area contributed by atoms with Gasteiger partial charge >= 0.3 is 0 Å². The van der Waals surface area contributed by atoms with Crippen molar-refractivity contribution >= 4 is 11.6 Å². The Kier molecular flexibility index (Phi) is 4.92. The minimum atomic E-state index is -0.0566. The minimum absolute atomic E-state index is 0.0566. The molecule has 0 saturated carbocycles. The Morgan fingerprint density at radius 3 is 2.17 bits per heavy atom. The topological polar surface area (TPSA) is 0 Å². The summed E-state index contributed by atoms with van der Waals surface area (Å²) in [5, 5.41) is 0. The number of alkyl halides is 1. The van der Waals surface area contributed by atoms with Crippen LogP contribution in [0.4, 0.5) is 0 Å². The second-order valence-corrected chi connectivity index (χ2v) is 5.00. The maximum Gasteiger partial charge on any atom is 0.0447 e. The van der Waals surface area contributed by atoms with Gasteiger partial charge in [-0.3, -0.25) is 0 Å². The Morgan fingerprint density at radius 1 is 1.33 bits per heavy atom. The Labute approximate surface area is 82.0 Å². The number of hydrogen-bond donors (Lipinski definition) is 0. The lowest BCUT2D eigenvalue weighted by atomic mass is 9.87. The van der Waals surface area contributed by atoms with Gasteiger partial charge < -0.3 is 0 Å². The van der Waals surface area contributed by atoms with Crippen molar-refractivity contribution < 1.29 is 0 Å². The van der Waals surface area contributed by atoms with Gasteiger partial charge in [-0.05, 0) is 32.1 Å². The molecule has 1 heteroatoms. The van der Waals surface area contributed by atoms with Gasteiger partial charge in [0.15, 0.2) is 0 Å². The van der Waals surface area contributed by atoms with Gasteiger partial charge in [-0.2, -0.15) is 0 Å². The molecule has 0 aliphatic heterocycles. The highest BCUT2D eigenvalue weighted by Crippen LogP contribution is 2.32. The highest BCUT2D eigenvalue weighted by molar-refractivity contribution is 6.23. The minimum Gasteiger partial charge on any atom is -0.119 e. The van der Waals surface area contributed by atoms with Gasteiger partial charge in [-0.1, -0.05) is 32.9 Å². The quantitative estimate of drug-likeness (QED) is 0.457. The molecular formula is C11H21Cl.